The predicted octanol–water partition coefficient (Wildman–Crippen LogP) is 5.36. The molecule has 1 aliphatic heterocycles. The van der Waals surface area contributed by atoms with Crippen molar-refractivity contribution in [2.45, 2.75) is 37.2 Å². The molecule has 0 spiro atoms. The van der Waals surface area contributed by atoms with Crippen LogP contribution in [0.25, 0.3) is 11.4 Å². The second-order valence-electron chi connectivity index (χ2n) is 8.46. The van der Waals surface area contributed by atoms with Crippen LogP contribution in [0.5, 0.6) is 5.75 Å². The Bertz CT molecular complexity index is 1340. The molecule has 0 aliphatic carbocycles. The van der Waals surface area contributed by atoms with Crippen LogP contribution in [-0.4, -0.2) is 32.6 Å². The summed E-state index contributed by atoms with van der Waals surface area (Å²) in [6.07, 6.45) is 0. The largest absolute Gasteiger partial charge is 0.494 e. The second kappa shape index (κ2) is 9.84. The zero-order chi connectivity index (χ0) is 24.4. The Morgan fingerprint density at radius 1 is 1.06 bits per heavy atom. The van der Waals surface area contributed by atoms with Crippen LogP contribution in [0.3, 0.4) is 0 Å². The van der Waals surface area contributed by atoms with Gasteiger partial charge in [0.1, 0.15) is 11.0 Å². The second-order valence-corrected chi connectivity index (χ2v) is 9.57. The van der Waals surface area contributed by atoms with E-state index in [0.29, 0.717) is 17.6 Å². The number of carbonyl (C=O) groups is 1. The Labute approximate surface area is 208 Å². The van der Waals surface area contributed by atoms with Crippen molar-refractivity contribution in [3.63, 3.8) is 0 Å². The van der Waals surface area contributed by atoms with Gasteiger partial charge in [-0.1, -0.05) is 71.9 Å². The minimum Gasteiger partial charge on any atom is -0.494 e. The van der Waals surface area contributed by atoms with E-state index in [0.717, 1.165) is 33.7 Å². The van der Waals surface area contributed by atoms with Gasteiger partial charge < -0.3 is 15.5 Å². The third kappa shape index (κ3) is 4.74. The number of hydrogen-bond acceptors (Lipinski definition) is 6. The van der Waals surface area contributed by atoms with Crippen molar-refractivity contribution < 1.29 is 9.53 Å². The predicted molar refractivity (Wildman–Crippen MR) is 139 cm³/mol. The zero-order valence-corrected chi connectivity index (χ0v) is 20.7. The molecule has 35 heavy (non-hydrogen) atoms. The third-order valence-corrected chi connectivity index (χ3v) is 7.13. The first kappa shape index (κ1) is 23.0. The monoisotopic (exact) mass is 485 g/mol. The molecule has 0 radical (unpaired) electrons. The molecule has 0 unspecified atom stereocenters. The molecule has 1 aliphatic rings. The standard InChI is InChI=1S/C27H27N5O2S/c1-4-34-21-13-11-19(12-14-21)23-24(26(33)28-22-15-10-17(2)16-18(22)3)35-27-30-29-25(32(27)31-23)20-8-6-5-7-9-20/h5-16,23-24,31H,4H2,1-3H3,(H,28,33)/t23-,24+/m0/s1. The Morgan fingerprint density at radius 3 is 2.54 bits per heavy atom. The Kier molecular flexibility index (Phi) is 6.46. The molecule has 2 heterocycles. The summed E-state index contributed by atoms with van der Waals surface area (Å²) in [5.74, 6) is 1.41. The highest BCUT2D eigenvalue weighted by Gasteiger charge is 2.38. The maximum atomic E-state index is 13.6. The summed E-state index contributed by atoms with van der Waals surface area (Å²) in [6, 6.07) is 23.5. The van der Waals surface area contributed by atoms with Crippen LogP contribution >= 0.6 is 11.8 Å². The van der Waals surface area contributed by atoms with Crippen molar-refractivity contribution in [3.8, 4) is 17.1 Å². The number of thioether (sulfide) groups is 1. The number of carbonyl (C=O) groups excluding carboxylic acids is 1. The number of fused-ring (bicyclic) bond motifs is 1. The van der Waals surface area contributed by atoms with Crippen molar-refractivity contribution in [1.29, 1.82) is 0 Å². The van der Waals surface area contributed by atoms with Crippen molar-refractivity contribution in [1.82, 2.24) is 14.9 Å². The number of nitrogens with zero attached hydrogens (tertiary/aromatic N) is 3. The van der Waals surface area contributed by atoms with E-state index in [-0.39, 0.29) is 11.9 Å². The number of benzene rings is 3. The summed E-state index contributed by atoms with van der Waals surface area (Å²) in [4.78, 5) is 13.6. The molecule has 0 bridgehead atoms. The molecular formula is C27H27N5O2S. The summed E-state index contributed by atoms with van der Waals surface area (Å²) in [5.41, 5.74) is 8.43. The summed E-state index contributed by atoms with van der Waals surface area (Å²) in [6.45, 7) is 6.60. The normalized spacial score (nSPS) is 16.8. The molecule has 1 aromatic heterocycles. The molecule has 8 heteroatoms. The van der Waals surface area contributed by atoms with Crippen LogP contribution in [0.1, 0.15) is 29.7 Å². The van der Waals surface area contributed by atoms with E-state index in [1.807, 2.05) is 92.2 Å². The van der Waals surface area contributed by atoms with Gasteiger partial charge in [0.25, 0.3) is 0 Å². The van der Waals surface area contributed by atoms with Gasteiger partial charge in [0, 0.05) is 11.3 Å². The molecule has 5 rings (SSSR count). The minimum atomic E-state index is -0.464. The summed E-state index contributed by atoms with van der Waals surface area (Å²) in [7, 11) is 0. The van der Waals surface area contributed by atoms with Gasteiger partial charge in [0.15, 0.2) is 5.82 Å². The molecule has 178 valence electrons. The lowest BCUT2D eigenvalue weighted by Gasteiger charge is -2.33. The topological polar surface area (TPSA) is 81.1 Å². The van der Waals surface area contributed by atoms with Crippen LogP contribution in [0.15, 0.2) is 78.0 Å². The van der Waals surface area contributed by atoms with Crippen molar-refractivity contribution in [2.24, 2.45) is 0 Å². The zero-order valence-electron chi connectivity index (χ0n) is 19.9. The molecule has 7 nitrogen and oxygen atoms in total. The summed E-state index contributed by atoms with van der Waals surface area (Å²) >= 11 is 1.41. The van der Waals surface area contributed by atoms with Crippen molar-refractivity contribution in [3.05, 3.63) is 89.5 Å². The SMILES string of the molecule is CCOc1ccc([C@@H]2Nn3c(nnc3-c3ccccc3)S[C@H]2C(=O)Nc2ccc(C)cc2C)cc1. The average Bonchev–Trinajstić information content (AvgIpc) is 3.29. The summed E-state index contributed by atoms with van der Waals surface area (Å²) < 4.78 is 7.49. The lowest BCUT2D eigenvalue weighted by Crippen LogP contribution is -2.41. The van der Waals surface area contributed by atoms with Gasteiger partial charge in [0.05, 0.1) is 12.6 Å². The lowest BCUT2D eigenvalue weighted by molar-refractivity contribution is -0.116. The highest BCUT2D eigenvalue weighted by atomic mass is 32.2. The fraction of sp³-hybridized carbons (Fsp3) is 0.222. The van der Waals surface area contributed by atoms with E-state index in [4.69, 9.17) is 4.74 Å². The molecule has 1 amide bonds. The van der Waals surface area contributed by atoms with E-state index in [9.17, 15) is 4.79 Å². The smallest absolute Gasteiger partial charge is 0.240 e. The maximum Gasteiger partial charge on any atom is 0.240 e. The maximum absolute atomic E-state index is 13.6. The number of aryl methyl sites for hydroxylation is 2. The van der Waals surface area contributed by atoms with Gasteiger partial charge >= 0.3 is 0 Å². The summed E-state index contributed by atoms with van der Waals surface area (Å²) in [5, 5.41) is 12.1. The highest BCUT2D eigenvalue weighted by molar-refractivity contribution is 8.00. The average molecular weight is 486 g/mol. The molecule has 2 N–H and O–H groups in total. The van der Waals surface area contributed by atoms with Crippen LogP contribution in [0.4, 0.5) is 5.69 Å². The fourth-order valence-electron chi connectivity index (χ4n) is 4.18. The van der Waals surface area contributed by atoms with E-state index in [1.54, 1.807) is 0 Å². The fourth-order valence-corrected chi connectivity index (χ4v) is 5.25. The van der Waals surface area contributed by atoms with E-state index in [1.165, 1.54) is 11.8 Å². The van der Waals surface area contributed by atoms with Crippen LogP contribution in [-0.2, 0) is 4.79 Å². The molecule has 3 aromatic carbocycles. The molecule has 0 saturated heterocycles. The highest BCUT2D eigenvalue weighted by Crippen LogP contribution is 2.39. The minimum absolute atomic E-state index is 0.0937. The quantitative estimate of drug-likeness (QED) is 0.383. The number of rotatable bonds is 6. The Morgan fingerprint density at radius 2 is 1.83 bits per heavy atom. The first-order valence-corrected chi connectivity index (χ1v) is 12.5. The molecule has 0 fully saturated rings. The number of aromatic nitrogens is 3. The van der Waals surface area contributed by atoms with Crippen LogP contribution in [0.2, 0.25) is 0 Å². The Hall–Kier alpha value is -3.78. The van der Waals surface area contributed by atoms with E-state index < -0.39 is 5.25 Å². The molecular weight excluding hydrogens is 458 g/mol. The first-order valence-electron chi connectivity index (χ1n) is 11.6. The first-order chi connectivity index (χ1) is 17.0. The number of amides is 1. The Balaban J connectivity index is 1.50. The van der Waals surface area contributed by atoms with E-state index in [2.05, 4.69) is 27.0 Å². The third-order valence-electron chi connectivity index (χ3n) is 5.92. The molecule has 0 saturated carbocycles. The van der Waals surface area contributed by atoms with Gasteiger partial charge in [0.2, 0.25) is 11.1 Å². The number of hydrogen-bond donors (Lipinski definition) is 2. The molecule has 2 atom stereocenters. The van der Waals surface area contributed by atoms with Gasteiger partial charge in [-0.3, -0.25) is 4.79 Å². The van der Waals surface area contributed by atoms with Crippen molar-refractivity contribution in [2.75, 3.05) is 17.3 Å². The van der Waals surface area contributed by atoms with Crippen molar-refractivity contribution >= 4 is 23.4 Å². The van der Waals surface area contributed by atoms with Gasteiger partial charge in [-0.05, 0) is 50.1 Å². The van der Waals surface area contributed by atoms with Gasteiger partial charge in [-0.2, -0.15) is 0 Å². The number of nitrogens with one attached hydrogen (secondary N) is 2. The van der Waals surface area contributed by atoms with E-state index >= 15 is 0 Å². The van der Waals surface area contributed by atoms with Gasteiger partial charge in [-0.25, -0.2) is 4.68 Å². The van der Waals surface area contributed by atoms with Crippen LogP contribution in [0, 0.1) is 13.8 Å². The lowest BCUT2D eigenvalue weighted by atomic mass is 10.0. The van der Waals surface area contributed by atoms with Crippen LogP contribution < -0.4 is 15.5 Å². The van der Waals surface area contributed by atoms with Gasteiger partial charge in [-0.15, -0.1) is 10.2 Å². The molecule has 4 aromatic rings. The number of anilines is 1. The number of ether oxygens (including phenoxy) is 1.